The third-order valence-corrected chi connectivity index (χ3v) is 5.14. The van der Waals surface area contributed by atoms with Gasteiger partial charge in [-0.05, 0) is 38.8 Å². The fourth-order valence-corrected chi connectivity index (χ4v) is 3.84. The summed E-state index contributed by atoms with van der Waals surface area (Å²) >= 11 is 0. The summed E-state index contributed by atoms with van der Waals surface area (Å²) in [6.45, 7) is 5.00. The van der Waals surface area contributed by atoms with Crippen molar-refractivity contribution in [1.29, 1.82) is 0 Å². The Bertz CT molecular complexity index is 952. The lowest BCUT2D eigenvalue weighted by atomic mass is 10.1. The topological polar surface area (TPSA) is 116 Å². The van der Waals surface area contributed by atoms with Gasteiger partial charge in [0.05, 0.1) is 4.92 Å². The molecular formula is C19H22N2O6S. The summed E-state index contributed by atoms with van der Waals surface area (Å²) in [4.78, 5) is 22.5. The predicted molar refractivity (Wildman–Crippen MR) is 103 cm³/mol. The molecule has 0 fully saturated rings. The molecule has 0 saturated heterocycles. The predicted octanol–water partition coefficient (Wildman–Crippen LogP) is 2.83. The number of nitro groups is 1. The molecule has 0 saturated carbocycles. The average molecular weight is 406 g/mol. The van der Waals surface area contributed by atoms with Crippen molar-refractivity contribution in [2.75, 3.05) is 0 Å². The molecule has 1 atom stereocenters. The quantitative estimate of drug-likeness (QED) is 0.429. The minimum absolute atomic E-state index is 0.0373. The van der Waals surface area contributed by atoms with E-state index in [4.69, 9.17) is 4.74 Å². The van der Waals surface area contributed by atoms with Crippen molar-refractivity contribution in [2.24, 2.45) is 0 Å². The molecule has 0 bridgehead atoms. The number of nitro benzene ring substituents is 1. The van der Waals surface area contributed by atoms with Crippen LogP contribution in [-0.4, -0.2) is 31.0 Å². The Balaban J connectivity index is 2.38. The maximum Gasteiger partial charge on any atom is 0.325 e. The third-order valence-electron chi connectivity index (χ3n) is 3.62. The molecule has 9 heteroatoms. The second kappa shape index (κ2) is 8.49. The Morgan fingerprint density at radius 1 is 1.11 bits per heavy atom. The Kier molecular flexibility index (Phi) is 6.52. The Labute approximate surface area is 163 Å². The van der Waals surface area contributed by atoms with Crippen molar-refractivity contribution in [2.45, 2.75) is 43.7 Å². The molecule has 0 unspecified atom stereocenters. The lowest BCUT2D eigenvalue weighted by Gasteiger charge is -2.24. The van der Waals surface area contributed by atoms with Crippen LogP contribution in [0.3, 0.4) is 0 Å². The number of nitrogens with one attached hydrogen (secondary N) is 1. The van der Waals surface area contributed by atoms with Gasteiger partial charge in [-0.25, -0.2) is 8.42 Å². The number of esters is 1. The minimum Gasteiger partial charge on any atom is -0.459 e. The summed E-state index contributed by atoms with van der Waals surface area (Å²) < 4.78 is 33.2. The van der Waals surface area contributed by atoms with Gasteiger partial charge in [-0.2, -0.15) is 4.72 Å². The van der Waals surface area contributed by atoms with Crippen LogP contribution in [0.4, 0.5) is 5.69 Å². The summed E-state index contributed by atoms with van der Waals surface area (Å²) in [5.74, 6) is -0.765. The Morgan fingerprint density at radius 3 is 2.25 bits per heavy atom. The number of nitrogens with zero attached hydrogens (tertiary/aromatic N) is 1. The van der Waals surface area contributed by atoms with Crippen LogP contribution in [0.2, 0.25) is 0 Å². The molecule has 2 aromatic rings. The van der Waals surface area contributed by atoms with Crippen LogP contribution in [-0.2, 0) is 26.0 Å². The molecule has 2 aromatic carbocycles. The highest BCUT2D eigenvalue weighted by molar-refractivity contribution is 7.89. The van der Waals surface area contributed by atoms with Crippen LogP contribution >= 0.6 is 0 Å². The van der Waals surface area contributed by atoms with Gasteiger partial charge in [-0.3, -0.25) is 14.9 Å². The zero-order valence-corrected chi connectivity index (χ0v) is 16.6. The first-order chi connectivity index (χ1) is 13.0. The summed E-state index contributed by atoms with van der Waals surface area (Å²) in [7, 11) is -4.35. The van der Waals surface area contributed by atoms with Gasteiger partial charge in [0.15, 0.2) is 4.90 Å². The molecule has 1 N–H and O–H groups in total. The van der Waals surface area contributed by atoms with Crippen LogP contribution in [0.1, 0.15) is 26.3 Å². The number of hydrogen-bond acceptors (Lipinski definition) is 6. The molecule has 0 heterocycles. The minimum atomic E-state index is -4.35. The van der Waals surface area contributed by atoms with E-state index >= 15 is 0 Å². The molecule has 28 heavy (non-hydrogen) atoms. The molecule has 0 aliphatic rings. The standard InChI is InChI=1S/C19H22N2O6S/c1-19(2,3)27-18(22)15(13-14-9-5-4-6-10-14)20-28(25,26)17-12-8-7-11-16(17)21(23)24/h4-12,15,20H,13H2,1-3H3/t15-/m1/s1. The van der Waals surface area contributed by atoms with Crippen molar-refractivity contribution < 1.29 is 22.9 Å². The van der Waals surface area contributed by atoms with Crippen molar-refractivity contribution >= 4 is 21.7 Å². The molecule has 0 spiro atoms. The molecular weight excluding hydrogens is 384 g/mol. The SMILES string of the molecule is CC(C)(C)OC(=O)[C@@H](Cc1ccccc1)NS(=O)(=O)c1ccccc1[N+](=O)[O-]. The van der Waals surface area contributed by atoms with Gasteiger partial charge in [-0.15, -0.1) is 0 Å². The molecule has 0 radical (unpaired) electrons. The molecule has 0 amide bonds. The molecule has 0 aliphatic carbocycles. The van der Waals surface area contributed by atoms with Crippen LogP contribution in [0.5, 0.6) is 0 Å². The largest absolute Gasteiger partial charge is 0.459 e. The van der Waals surface area contributed by atoms with E-state index in [2.05, 4.69) is 4.72 Å². The number of sulfonamides is 1. The second-order valence-electron chi connectivity index (χ2n) is 7.12. The van der Waals surface area contributed by atoms with Crippen LogP contribution in [0.15, 0.2) is 59.5 Å². The van der Waals surface area contributed by atoms with Crippen LogP contribution in [0, 0.1) is 10.1 Å². The number of ether oxygens (including phenoxy) is 1. The molecule has 2 rings (SSSR count). The lowest BCUT2D eigenvalue weighted by molar-refractivity contribution is -0.387. The van der Waals surface area contributed by atoms with Gasteiger partial charge < -0.3 is 4.74 Å². The van der Waals surface area contributed by atoms with E-state index in [9.17, 15) is 23.3 Å². The summed E-state index contributed by atoms with van der Waals surface area (Å²) in [5.41, 5.74) is -0.683. The maximum atomic E-state index is 12.8. The summed E-state index contributed by atoms with van der Waals surface area (Å²) in [6.07, 6.45) is 0.0373. The number of benzene rings is 2. The number of para-hydroxylation sites is 1. The normalized spacial score (nSPS) is 13.0. The van der Waals surface area contributed by atoms with Crippen molar-refractivity contribution in [3.63, 3.8) is 0 Å². The number of carbonyl (C=O) groups is 1. The summed E-state index contributed by atoms with van der Waals surface area (Å²) in [6, 6.07) is 12.5. The molecule has 0 aromatic heterocycles. The van der Waals surface area contributed by atoms with Gasteiger partial charge in [-0.1, -0.05) is 42.5 Å². The monoisotopic (exact) mass is 406 g/mol. The Hall–Kier alpha value is -2.78. The third kappa shape index (κ3) is 5.86. The van der Waals surface area contributed by atoms with Crippen molar-refractivity contribution in [1.82, 2.24) is 4.72 Å². The lowest BCUT2D eigenvalue weighted by Crippen LogP contribution is -2.45. The number of hydrogen-bond donors (Lipinski definition) is 1. The van der Waals surface area contributed by atoms with E-state index in [1.165, 1.54) is 12.1 Å². The van der Waals surface area contributed by atoms with E-state index in [1.807, 2.05) is 0 Å². The highest BCUT2D eigenvalue weighted by Gasteiger charge is 2.33. The number of carbonyl (C=O) groups excluding carboxylic acids is 1. The molecule has 0 aliphatic heterocycles. The van der Waals surface area contributed by atoms with Gasteiger partial charge in [0.1, 0.15) is 11.6 Å². The van der Waals surface area contributed by atoms with Crippen LogP contribution < -0.4 is 4.72 Å². The van der Waals surface area contributed by atoms with E-state index in [0.29, 0.717) is 5.56 Å². The first kappa shape index (κ1) is 21.5. The zero-order valence-electron chi connectivity index (χ0n) is 15.8. The fraction of sp³-hybridized carbons (Fsp3) is 0.316. The van der Waals surface area contributed by atoms with Crippen molar-refractivity contribution in [3.05, 3.63) is 70.3 Å². The first-order valence-corrected chi connectivity index (χ1v) is 10.0. The Morgan fingerprint density at radius 2 is 1.68 bits per heavy atom. The second-order valence-corrected chi connectivity index (χ2v) is 8.80. The molecule has 8 nitrogen and oxygen atoms in total. The summed E-state index contributed by atoms with van der Waals surface area (Å²) in [5, 5.41) is 11.2. The van der Waals surface area contributed by atoms with E-state index in [-0.39, 0.29) is 6.42 Å². The van der Waals surface area contributed by atoms with Crippen molar-refractivity contribution in [3.8, 4) is 0 Å². The molecule has 150 valence electrons. The number of rotatable bonds is 7. The van der Waals surface area contributed by atoms with Crippen LogP contribution in [0.25, 0.3) is 0 Å². The van der Waals surface area contributed by atoms with Gasteiger partial charge >= 0.3 is 5.97 Å². The zero-order chi connectivity index (χ0) is 20.9. The first-order valence-electron chi connectivity index (χ1n) is 8.52. The van der Waals surface area contributed by atoms with Gasteiger partial charge in [0.25, 0.3) is 5.69 Å². The van der Waals surface area contributed by atoms with E-state index in [0.717, 1.165) is 12.1 Å². The van der Waals surface area contributed by atoms with Gasteiger partial charge in [0.2, 0.25) is 10.0 Å². The van der Waals surface area contributed by atoms with Gasteiger partial charge in [0, 0.05) is 6.07 Å². The maximum absolute atomic E-state index is 12.8. The highest BCUT2D eigenvalue weighted by atomic mass is 32.2. The highest BCUT2D eigenvalue weighted by Crippen LogP contribution is 2.23. The van der Waals surface area contributed by atoms with E-state index in [1.54, 1.807) is 51.1 Å². The smallest absolute Gasteiger partial charge is 0.325 e. The fourth-order valence-electron chi connectivity index (χ4n) is 2.48. The van der Waals surface area contributed by atoms with E-state index < -0.39 is 43.1 Å². The average Bonchev–Trinajstić information content (AvgIpc) is 2.60.